The number of carboxylic acids is 1. The summed E-state index contributed by atoms with van der Waals surface area (Å²) >= 11 is 0. The first-order chi connectivity index (χ1) is 21.7. The van der Waals surface area contributed by atoms with E-state index in [1.165, 1.54) is 4.90 Å². The van der Waals surface area contributed by atoms with Crippen molar-refractivity contribution in [1.29, 1.82) is 0 Å². The maximum atomic E-state index is 14.9. The zero-order valence-electron chi connectivity index (χ0n) is 26.6. The molecule has 0 aliphatic carbocycles. The molecule has 0 saturated heterocycles. The lowest BCUT2D eigenvalue weighted by Crippen LogP contribution is -2.47. The van der Waals surface area contributed by atoms with Crippen molar-refractivity contribution >= 4 is 17.8 Å². The van der Waals surface area contributed by atoms with Gasteiger partial charge < -0.3 is 36.5 Å². The van der Waals surface area contributed by atoms with Gasteiger partial charge in [0.2, 0.25) is 11.8 Å². The SMILES string of the molecule is CC(C)(C)[C@H](c1cc(-c2cc(F)ccc2F)cn1Cc1ccccc1)N(CC[C@H](N)C(=O)NCCCC[C@H](N)C(=O)O)C(=O)CO. The van der Waals surface area contributed by atoms with Crippen LogP contribution >= 0.6 is 0 Å². The minimum absolute atomic E-state index is 0.0313. The quantitative estimate of drug-likeness (QED) is 0.149. The molecular weight excluding hydrogens is 596 g/mol. The van der Waals surface area contributed by atoms with Crippen molar-refractivity contribution in [1.82, 2.24) is 14.8 Å². The molecule has 250 valence electrons. The summed E-state index contributed by atoms with van der Waals surface area (Å²) in [6.45, 7) is 5.71. The minimum Gasteiger partial charge on any atom is -0.480 e. The molecule has 2 aromatic carbocycles. The first-order valence-corrected chi connectivity index (χ1v) is 15.3. The summed E-state index contributed by atoms with van der Waals surface area (Å²) in [6, 6.07) is 12.0. The second-order valence-electron chi connectivity index (χ2n) is 12.5. The van der Waals surface area contributed by atoms with Gasteiger partial charge in [-0.2, -0.15) is 0 Å². The molecule has 3 rings (SSSR count). The van der Waals surface area contributed by atoms with E-state index in [2.05, 4.69) is 5.32 Å². The monoisotopic (exact) mass is 641 g/mol. The van der Waals surface area contributed by atoms with Crippen molar-refractivity contribution in [3.05, 3.63) is 83.7 Å². The number of hydrogen-bond acceptors (Lipinski definition) is 6. The average molecular weight is 642 g/mol. The number of nitrogens with zero attached hydrogens (tertiary/aromatic N) is 2. The molecule has 0 fully saturated rings. The van der Waals surface area contributed by atoms with E-state index in [0.717, 1.165) is 23.8 Å². The molecule has 3 aromatic rings. The highest BCUT2D eigenvalue weighted by atomic mass is 19.1. The van der Waals surface area contributed by atoms with Gasteiger partial charge >= 0.3 is 5.97 Å². The number of aromatic nitrogens is 1. The third-order valence-corrected chi connectivity index (χ3v) is 7.81. The molecule has 1 aromatic heterocycles. The molecular formula is C34H45F2N5O5. The number of carbonyl (C=O) groups excluding carboxylic acids is 2. The molecule has 0 spiro atoms. The van der Waals surface area contributed by atoms with Gasteiger partial charge in [-0.3, -0.25) is 14.4 Å². The highest BCUT2D eigenvalue weighted by Gasteiger charge is 2.37. The molecule has 1 heterocycles. The third kappa shape index (κ3) is 9.93. The summed E-state index contributed by atoms with van der Waals surface area (Å²) in [5.74, 6) is -3.27. The molecule has 0 radical (unpaired) electrons. The van der Waals surface area contributed by atoms with Gasteiger partial charge in [0, 0.05) is 42.7 Å². The number of aliphatic carboxylic acids is 1. The van der Waals surface area contributed by atoms with Crippen molar-refractivity contribution in [2.24, 2.45) is 16.9 Å². The number of aliphatic hydroxyl groups excluding tert-OH is 1. The normalized spacial score (nSPS) is 13.6. The Morgan fingerprint density at radius 3 is 2.30 bits per heavy atom. The summed E-state index contributed by atoms with van der Waals surface area (Å²) in [5.41, 5.74) is 13.2. The van der Waals surface area contributed by atoms with Gasteiger partial charge in [0.15, 0.2) is 0 Å². The molecule has 0 aliphatic rings. The number of aliphatic hydroxyl groups is 1. The molecule has 2 amide bonds. The second-order valence-corrected chi connectivity index (χ2v) is 12.5. The minimum atomic E-state index is -1.08. The lowest BCUT2D eigenvalue weighted by atomic mass is 9.82. The first kappa shape index (κ1) is 36.3. The van der Waals surface area contributed by atoms with Crippen LogP contribution in [0, 0.1) is 17.0 Å². The number of carbonyl (C=O) groups is 3. The van der Waals surface area contributed by atoms with E-state index >= 15 is 0 Å². The first-order valence-electron chi connectivity index (χ1n) is 15.3. The highest BCUT2D eigenvalue weighted by Crippen LogP contribution is 2.41. The molecule has 0 saturated carbocycles. The van der Waals surface area contributed by atoms with Crippen LogP contribution in [0.5, 0.6) is 0 Å². The van der Waals surface area contributed by atoms with Crippen molar-refractivity contribution in [3.63, 3.8) is 0 Å². The van der Waals surface area contributed by atoms with Crippen LogP contribution < -0.4 is 16.8 Å². The molecule has 46 heavy (non-hydrogen) atoms. The Morgan fingerprint density at radius 1 is 0.978 bits per heavy atom. The number of amides is 2. The second kappa shape index (κ2) is 16.4. The molecule has 0 aliphatic heterocycles. The number of unbranched alkanes of at least 4 members (excludes halogenated alkanes) is 1. The fourth-order valence-corrected chi connectivity index (χ4v) is 5.47. The van der Waals surface area contributed by atoms with Crippen molar-refractivity contribution in [2.45, 2.75) is 71.1 Å². The van der Waals surface area contributed by atoms with Crippen LogP contribution in [0.25, 0.3) is 11.1 Å². The van der Waals surface area contributed by atoms with E-state index in [-0.39, 0.29) is 31.5 Å². The van der Waals surface area contributed by atoms with E-state index in [1.807, 2.05) is 55.7 Å². The van der Waals surface area contributed by atoms with E-state index in [0.29, 0.717) is 30.6 Å². The number of hydrogen-bond donors (Lipinski definition) is 5. The smallest absolute Gasteiger partial charge is 0.320 e. The molecule has 0 unspecified atom stereocenters. The zero-order chi connectivity index (χ0) is 34.0. The Balaban J connectivity index is 1.89. The summed E-state index contributed by atoms with van der Waals surface area (Å²) in [6.07, 6.45) is 3.12. The van der Waals surface area contributed by atoms with Gasteiger partial charge in [-0.25, -0.2) is 8.78 Å². The fraction of sp³-hybridized carbons (Fsp3) is 0.441. The fourth-order valence-electron chi connectivity index (χ4n) is 5.47. The van der Waals surface area contributed by atoms with Gasteiger partial charge in [-0.1, -0.05) is 51.1 Å². The van der Waals surface area contributed by atoms with Crippen LogP contribution in [-0.2, 0) is 20.9 Å². The summed E-state index contributed by atoms with van der Waals surface area (Å²) in [5, 5.41) is 21.6. The van der Waals surface area contributed by atoms with Crippen LogP contribution in [0.4, 0.5) is 8.78 Å². The summed E-state index contributed by atoms with van der Waals surface area (Å²) in [4.78, 5) is 38.4. The maximum absolute atomic E-state index is 14.9. The van der Waals surface area contributed by atoms with Crippen molar-refractivity contribution < 1.29 is 33.4 Å². The molecule has 10 nitrogen and oxygen atoms in total. The Labute approximate surface area is 268 Å². The highest BCUT2D eigenvalue weighted by molar-refractivity contribution is 5.82. The number of nitrogens with two attached hydrogens (primary N) is 2. The van der Waals surface area contributed by atoms with E-state index in [1.54, 1.807) is 12.3 Å². The Hall–Kier alpha value is -4.13. The topological polar surface area (TPSA) is 164 Å². The number of rotatable bonds is 16. The van der Waals surface area contributed by atoms with Gasteiger partial charge in [0.25, 0.3) is 0 Å². The number of benzene rings is 2. The number of nitrogens with one attached hydrogen (secondary N) is 1. The molecule has 12 heteroatoms. The van der Waals surface area contributed by atoms with E-state index in [4.69, 9.17) is 16.6 Å². The average Bonchev–Trinajstić information content (AvgIpc) is 3.41. The molecule has 0 bridgehead atoms. The van der Waals surface area contributed by atoms with Crippen LogP contribution in [0.15, 0.2) is 60.8 Å². The van der Waals surface area contributed by atoms with Gasteiger partial charge in [0.1, 0.15) is 24.3 Å². The summed E-state index contributed by atoms with van der Waals surface area (Å²) in [7, 11) is 0. The number of halogens is 2. The summed E-state index contributed by atoms with van der Waals surface area (Å²) < 4.78 is 31.0. The van der Waals surface area contributed by atoms with Crippen LogP contribution in [0.2, 0.25) is 0 Å². The largest absolute Gasteiger partial charge is 0.480 e. The predicted molar refractivity (Wildman–Crippen MR) is 171 cm³/mol. The number of carboxylic acid groups (broad SMARTS) is 1. The third-order valence-electron chi connectivity index (χ3n) is 7.81. The predicted octanol–water partition coefficient (Wildman–Crippen LogP) is 3.81. The standard InChI is InChI=1S/C34H45F2N5O5/c1-34(2,3)31(41(30(43)21-42)16-14-27(37)32(44)39-15-8-7-11-28(38)33(45)46)29-17-23(25-18-24(35)12-13-26(25)36)20-40(29)19-22-9-5-4-6-10-22/h4-6,9-10,12-13,17-18,20,27-28,31,42H,7-8,11,14-16,19,21,37-38H2,1-3H3,(H,39,44)(H,45,46)/t27-,28-,31-/m0/s1. The molecule has 7 N–H and O–H groups in total. The van der Waals surface area contributed by atoms with Gasteiger partial charge in [-0.05, 0) is 60.9 Å². The molecule has 3 atom stereocenters. The van der Waals surface area contributed by atoms with Crippen LogP contribution in [0.1, 0.15) is 63.8 Å². The van der Waals surface area contributed by atoms with E-state index in [9.17, 15) is 28.3 Å². The Kier molecular flexibility index (Phi) is 13.0. The lowest BCUT2D eigenvalue weighted by Gasteiger charge is -2.41. The zero-order valence-corrected chi connectivity index (χ0v) is 26.6. The van der Waals surface area contributed by atoms with E-state index < -0.39 is 59.6 Å². The van der Waals surface area contributed by atoms with Crippen molar-refractivity contribution in [2.75, 3.05) is 19.7 Å². The van der Waals surface area contributed by atoms with Crippen LogP contribution in [0.3, 0.4) is 0 Å². The van der Waals surface area contributed by atoms with Gasteiger partial charge in [0.05, 0.1) is 12.1 Å². The Morgan fingerprint density at radius 2 is 1.67 bits per heavy atom. The maximum Gasteiger partial charge on any atom is 0.320 e. The van der Waals surface area contributed by atoms with Gasteiger partial charge in [-0.15, -0.1) is 0 Å². The Bertz CT molecular complexity index is 1470. The van der Waals surface area contributed by atoms with Crippen LogP contribution in [-0.4, -0.2) is 69.2 Å². The van der Waals surface area contributed by atoms with Crippen molar-refractivity contribution in [3.8, 4) is 11.1 Å². The lowest BCUT2D eigenvalue weighted by molar-refractivity contribution is -0.140.